The Balaban J connectivity index is 1.99. The lowest BCUT2D eigenvalue weighted by Gasteiger charge is -2.19. The number of nitrogens with zero attached hydrogens (tertiary/aromatic N) is 1. The molecule has 0 unspecified atom stereocenters. The summed E-state index contributed by atoms with van der Waals surface area (Å²) >= 11 is 0. The lowest BCUT2D eigenvalue weighted by molar-refractivity contribution is 0.442. The van der Waals surface area contributed by atoms with Crippen molar-refractivity contribution in [2.45, 2.75) is 38.1 Å². The SMILES string of the molecule is NNC(=NC1CCCCC1)Nc1ccc(F)cc1. The molecule has 1 saturated carbocycles. The van der Waals surface area contributed by atoms with Gasteiger partial charge >= 0.3 is 0 Å². The molecule has 0 radical (unpaired) electrons. The molecule has 4 N–H and O–H groups in total. The highest BCUT2D eigenvalue weighted by molar-refractivity contribution is 5.93. The van der Waals surface area contributed by atoms with Crippen LogP contribution in [0, 0.1) is 5.82 Å². The minimum absolute atomic E-state index is 0.257. The summed E-state index contributed by atoms with van der Waals surface area (Å²) in [6, 6.07) is 6.44. The van der Waals surface area contributed by atoms with Crippen molar-refractivity contribution < 1.29 is 4.39 Å². The molecule has 5 heteroatoms. The van der Waals surface area contributed by atoms with E-state index < -0.39 is 0 Å². The Hall–Kier alpha value is -1.62. The Kier molecular flexibility index (Phi) is 4.52. The van der Waals surface area contributed by atoms with Crippen LogP contribution in [0.1, 0.15) is 32.1 Å². The summed E-state index contributed by atoms with van der Waals surface area (Å²) in [5, 5.41) is 3.05. The number of hydrogen-bond acceptors (Lipinski definition) is 2. The number of halogens is 1. The van der Waals surface area contributed by atoms with Gasteiger partial charge in [-0.1, -0.05) is 19.3 Å². The topological polar surface area (TPSA) is 62.4 Å². The standard InChI is InChI=1S/C13H19FN4/c14-10-6-8-12(9-7-10)17-13(18-15)16-11-4-2-1-3-5-11/h6-9,11H,1-5,15H2,(H2,16,17,18). The second kappa shape index (κ2) is 6.35. The zero-order valence-corrected chi connectivity index (χ0v) is 10.3. The average Bonchev–Trinajstić information content (AvgIpc) is 2.41. The Bertz CT molecular complexity index is 396. The summed E-state index contributed by atoms with van der Waals surface area (Å²) in [6.45, 7) is 0. The smallest absolute Gasteiger partial charge is 0.210 e. The predicted octanol–water partition coefficient (Wildman–Crippen LogP) is 2.39. The lowest BCUT2D eigenvalue weighted by Crippen LogP contribution is -2.37. The third-order valence-electron chi connectivity index (χ3n) is 3.13. The number of hydrazine groups is 1. The van der Waals surface area contributed by atoms with Gasteiger partial charge in [0.05, 0.1) is 6.04 Å². The second-order valence-corrected chi connectivity index (χ2v) is 4.55. The van der Waals surface area contributed by atoms with Crippen LogP contribution in [0.25, 0.3) is 0 Å². The summed E-state index contributed by atoms with van der Waals surface area (Å²) in [7, 11) is 0. The summed E-state index contributed by atoms with van der Waals surface area (Å²) in [6.07, 6.45) is 5.96. The molecule has 1 aromatic carbocycles. The second-order valence-electron chi connectivity index (χ2n) is 4.55. The third kappa shape index (κ3) is 3.70. The van der Waals surface area contributed by atoms with Gasteiger partial charge in [-0.05, 0) is 37.1 Å². The van der Waals surface area contributed by atoms with Gasteiger partial charge in [-0.3, -0.25) is 5.43 Å². The summed E-state index contributed by atoms with van der Waals surface area (Å²) in [5.41, 5.74) is 3.33. The van der Waals surface area contributed by atoms with E-state index in [2.05, 4.69) is 15.7 Å². The Morgan fingerprint density at radius 3 is 2.44 bits per heavy atom. The van der Waals surface area contributed by atoms with Crippen LogP contribution < -0.4 is 16.6 Å². The highest BCUT2D eigenvalue weighted by atomic mass is 19.1. The van der Waals surface area contributed by atoms with Crippen molar-refractivity contribution in [3.63, 3.8) is 0 Å². The molecule has 18 heavy (non-hydrogen) atoms. The largest absolute Gasteiger partial charge is 0.325 e. The van der Waals surface area contributed by atoms with Gasteiger partial charge in [0.15, 0.2) is 0 Å². The van der Waals surface area contributed by atoms with Gasteiger partial charge in [0, 0.05) is 5.69 Å². The van der Waals surface area contributed by atoms with Gasteiger partial charge in [0.25, 0.3) is 0 Å². The van der Waals surface area contributed by atoms with E-state index >= 15 is 0 Å². The van der Waals surface area contributed by atoms with Crippen LogP contribution in [0.15, 0.2) is 29.3 Å². The van der Waals surface area contributed by atoms with Gasteiger partial charge < -0.3 is 5.32 Å². The predicted molar refractivity (Wildman–Crippen MR) is 71.7 cm³/mol. The van der Waals surface area contributed by atoms with Crippen LogP contribution in [-0.2, 0) is 0 Å². The molecule has 1 aliphatic rings. The molecule has 0 atom stereocenters. The number of guanidine groups is 1. The maximum Gasteiger partial charge on any atom is 0.210 e. The first-order chi connectivity index (χ1) is 8.78. The minimum Gasteiger partial charge on any atom is -0.325 e. The Morgan fingerprint density at radius 2 is 1.83 bits per heavy atom. The summed E-state index contributed by atoms with van der Waals surface area (Å²) in [5.74, 6) is 5.73. The van der Waals surface area contributed by atoms with Crippen molar-refractivity contribution >= 4 is 11.6 Å². The first kappa shape index (κ1) is 12.8. The number of rotatable bonds is 2. The van der Waals surface area contributed by atoms with E-state index in [9.17, 15) is 4.39 Å². The molecule has 98 valence electrons. The molecular formula is C13H19FN4. The van der Waals surface area contributed by atoms with Crippen molar-refractivity contribution in [3.05, 3.63) is 30.1 Å². The monoisotopic (exact) mass is 250 g/mol. The lowest BCUT2D eigenvalue weighted by atomic mass is 9.96. The zero-order valence-electron chi connectivity index (χ0n) is 10.3. The van der Waals surface area contributed by atoms with E-state index in [1.807, 2.05) is 0 Å². The molecule has 4 nitrogen and oxygen atoms in total. The van der Waals surface area contributed by atoms with Crippen molar-refractivity contribution in [1.29, 1.82) is 0 Å². The van der Waals surface area contributed by atoms with Crippen molar-refractivity contribution in [3.8, 4) is 0 Å². The van der Waals surface area contributed by atoms with Crippen LogP contribution in [0.2, 0.25) is 0 Å². The molecule has 0 heterocycles. The van der Waals surface area contributed by atoms with Gasteiger partial charge in [0.1, 0.15) is 5.82 Å². The molecule has 0 aliphatic heterocycles. The van der Waals surface area contributed by atoms with E-state index in [0.29, 0.717) is 12.0 Å². The first-order valence-corrected chi connectivity index (χ1v) is 6.35. The van der Waals surface area contributed by atoms with Gasteiger partial charge in [0.2, 0.25) is 5.96 Å². The number of nitrogens with two attached hydrogens (primary N) is 1. The number of hydrogen-bond donors (Lipinski definition) is 3. The van der Waals surface area contributed by atoms with Crippen molar-refractivity contribution in [1.82, 2.24) is 5.43 Å². The molecule has 0 bridgehead atoms. The molecule has 1 aliphatic carbocycles. The van der Waals surface area contributed by atoms with Crippen LogP contribution in [0.4, 0.5) is 10.1 Å². The maximum absolute atomic E-state index is 12.8. The fraction of sp³-hybridized carbons (Fsp3) is 0.462. The van der Waals surface area contributed by atoms with Crippen LogP contribution in [0.3, 0.4) is 0 Å². The summed E-state index contributed by atoms with van der Waals surface area (Å²) < 4.78 is 12.8. The maximum atomic E-state index is 12.8. The average molecular weight is 250 g/mol. The molecular weight excluding hydrogens is 231 g/mol. The number of nitrogens with one attached hydrogen (secondary N) is 2. The number of anilines is 1. The van der Waals surface area contributed by atoms with Gasteiger partial charge in [-0.15, -0.1) is 0 Å². The fourth-order valence-corrected chi connectivity index (χ4v) is 2.17. The van der Waals surface area contributed by atoms with E-state index in [-0.39, 0.29) is 5.82 Å². The molecule has 2 rings (SSSR count). The fourth-order valence-electron chi connectivity index (χ4n) is 2.17. The minimum atomic E-state index is -0.257. The quantitative estimate of drug-likeness (QED) is 0.327. The van der Waals surface area contributed by atoms with Gasteiger partial charge in [-0.25, -0.2) is 15.2 Å². The van der Waals surface area contributed by atoms with Crippen molar-refractivity contribution in [2.75, 3.05) is 5.32 Å². The van der Waals surface area contributed by atoms with E-state index in [0.717, 1.165) is 18.5 Å². The van der Waals surface area contributed by atoms with Crippen LogP contribution in [0.5, 0.6) is 0 Å². The molecule has 0 spiro atoms. The van der Waals surface area contributed by atoms with Crippen LogP contribution >= 0.6 is 0 Å². The molecule has 0 aromatic heterocycles. The van der Waals surface area contributed by atoms with E-state index in [4.69, 9.17) is 5.84 Å². The molecule has 1 aromatic rings. The first-order valence-electron chi connectivity index (χ1n) is 6.35. The van der Waals surface area contributed by atoms with Crippen molar-refractivity contribution in [2.24, 2.45) is 10.8 Å². The normalized spacial score (nSPS) is 17.6. The van der Waals surface area contributed by atoms with E-state index in [1.54, 1.807) is 12.1 Å². The van der Waals surface area contributed by atoms with E-state index in [1.165, 1.54) is 31.4 Å². The zero-order chi connectivity index (χ0) is 12.8. The Labute approximate surface area is 106 Å². The molecule has 1 fully saturated rings. The van der Waals surface area contributed by atoms with Gasteiger partial charge in [-0.2, -0.15) is 0 Å². The highest BCUT2D eigenvalue weighted by Crippen LogP contribution is 2.20. The Morgan fingerprint density at radius 1 is 1.17 bits per heavy atom. The number of benzene rings is 1. The highest BCUT2D eigenvalue weighted by Gasteiger charge is 2.13. The molecule has 0 saturated heterocycles. The summed E-state index contributed by atoms with van der Waals surface area (Å²) in [4.78, 5) is 4.55. The van der Waals surface area contributed by atoms with Crippen LogP contribution in [-0.4, -0.2) is 12.0 Å². The number of aliphatic imine (C=N–C) groups is 1. The third-order valence-corrected chi connectivity index (χ3v) is 3.13. The molecule has 0 amide bonds.